The monoisotopic (exact) mass is 546 g/mol. The van der Waals surface area contributed by atoms with E-state index in [2.05, 4.69) is 9.97 Å². The summed E-state index contributed by atoms with van der Waals surface area (Å²) in [6.07, 6.45) is 1.73. The molecule has 11 heteroatoms. The van der Waals surface area contributed by atoms with Crippen LogP contribution >= 0.6 is 35.4 Å². The molecule has 2 heterocycles. The average molecular weight is 547 g/mol. The standard InChI is InChI=1S/C24H20Cl2N4O3S2/c1-12-28-23-22(24(34)29-12)20(16-10-5-13(25)11-17(16)26)21-18(3-2-4-19(21)31)30(23)14-6-8-15(9-7-14)35(27,32)33/h5-11,20H,2-4H2,1H3,(H2,27,32,33)(H,28,29,34). The number of fused-ring (bicyclic) bond motifs is 1. The third kappa shape index (κ3) is 4.21. The quantitative estimate of drug-likeness (QED) is 0.408. The van der Waals surface area contributed by atoms with E-state index in [0.717, 1.165) is 11.3 Å². The van der Waals surface area contributed by atoms with Crippen molar-refractivity contribution in [3.8, 4) is 0 Å². The van der Waals surface area contributed by atoms with Crippen molar-refractivity contribution in [1.82, 2.24) is 9.97 Å². The number of aryl methyl sites for hydroxylation is 1. The van der Waals surface area contributed by atoms with Gasteiger partial charge >= 0.3 is 0 Å². The summed E-state index contributed by atoms with van der Waals surface area (Å²) in [6, 6.07) is 11.4. The fourth-order valence-corrected chi connectivity index (χ4v) is 6.20. The summed E-state index contributed by atoms with van der Waals surface area (Å²) in [5.74, 6) is 0.755. The van der Waals surface area contributed by atoms with E-state index in [1.807, 2.05) is 11.0 Å². The second kappa shape index (κ2) is 8.83. The molecule has 0 bridgehead atoms. The number of H-pyrrole nitrogens is 1. The van der Waals surface area contributed by atoms with Crippen LogP contribution in [0, 0.1) is 11.6 Å². The molecule has 5 rings (SSSR count). The van der Waals surface area contributed by atoms with Crippen molar-refractivity contribution in [2.24, 2.45) is 5.14 Å². The van der Waals surface area contributed by atoms with Crippen LogP contribution < -0.4 is 10.0 Å². The second-order valence-electron chi connectivity index (χ2n) is 8.50. The largest absolute Gasteiger partial charge is 0.329 e. The predicted molar refractivity (Wildman–Crippen MR) is 138 cm³/mol. The van der Waals surface area contributed by atoms with Crippen LogP contribution in [0.15, 0.2) is 58.6 Å². The number of allylic oxidation sites excluding steroid dienone is 2. The zero-order chi connectivity index (χ0) is 25.1. The number of carbonyl (C=O) groups excluding carboxylic acids is 1. The van der Waals surface area contributed by atoms with E-state index in [1.165, 1.54) is 12.1 Å². The van der Waals surface area contributed by atoms with E-state index in [4.69, 9.17) is 40.6 Å². The van der Waals surface area contributed by atoms with Crippen molar-refractivity contribution >= 4 is 62.7 Å². The first-order valence-corrected chi connectivity index (χ1v) is 13.5. The van der Waals surface area contributed by atoms with Gasteiger partial charge in [-0.15, -0.1) is 0 Å². The van der Waals surface area contributed by atoms with Gasteiger partial charge in [0.15, 0.2) is 5.78 Å². The van der Waals surface area contributed by atoms with Crippen molar-refractivity contribution in [1.29, 1.82) is 0 Å². The predicted octanol–water partition coefficient (Wildman–Crippen LogP) is 5.69. The van der Waals surface area contributed by atoms with Crippen LogP contribution in [0.2, 0.25) is 10.0 Å². The molecular formula is C24H20Cl2N4O3S2. The van der Waals surface area contributed by atoms with E-state index in [-0.39, 0.29) is 10.7 Å². The van der Waals surface area contributed by atoms with Crippen molar-refractivity contribution in [2.75, 3.05) is 4.90 Å². The summed E-state index contributed by atoms with van der Waals surface area (Å²) < 4.78 is 23.9. The summed E-state index contributed by atoms with van der Waals surface area (Å²) in [6.45, 7) is 1.80. The number of nitrogens with one attached hydrogen (secondary N) is 1. The summed E-state index contributed by atoms with van der Waals surface area (Å²) in [4.78, 5) is 23.2. The van der Waals surface area contributed by atoms with Crippen molar-refractivity contribution in [3.63, 3.8) is 0 Å². The minimum absolute atomic E-state index is 0.00271. The number of benzene rings is 2. The number of Topliss-reactive ketones (excluding diaryl/α,β-unsaturated/α-hetero) is 1. The number of anilines is 2. The number of hydrogen-bond acceptors (Lipinski definition) is 6. The highest BCUT2D eigenvalue weighted by atomic mass is 35.5. The van der Waals surface area contributed by atoms with Crippen LogP contribution in [0.3, 0.4) is 0 Å². The van der Waals surface area contributed by atoms with E-state index in [9.17, 15) is 13.2 Å². The van der Waals surface area contributed by atoms with E-state index in [0.29, 0.717) is 62.4 Å². The van der Waals surface area contributed by atoms with Crippen molar-refractivity contribution < 1.29 is 13.2 Å². The molecule has 180 valence electrons. The van der Waals surface area contributed by atoms with Gasteiger partial charge in [-0.3, -0.25) is 9.69 Å². The lowest BCUT2D eigenvalue weighted by molar-refractivity contribution is -0.116. The van der Waals surface area contributed by atoms with Gasteiger partial charge in [0.25, 0.3) is 0 Å². The minimum Gasteiger partial charge on any atom is -0.329 e. The number of nitrogens with zero attached hydrogens (tertiary/aromatic N) is 2. The summed E-state index contributed by atoms with van der Waals surface area (Å²) >= 11 is 18.5. The number of sulfonamides is 1. The number of primary sulfonamides is 1. The maximum Gasteiger partial charge on any atom is 0.238 e. The van der Waals surface area contributed by atoms with Gasteiger partial charge in [0.1, 0.15) is 16.3 Å². The lowest BCUT2D eigenvalue weighted by Crippen LogP contribution is -2.34. The maximum atomic E-state index is 13.4. The van der Waals surface area contributed by atoms with Gasteiger partial charge in [-0.05, 0) is 61.7 Å². The third-order valence-electron chi connectivity index (χ3n) is 6.25. The number of aromatic amines is 1. The summed E-state index contributed by atoms with van der Waals surface area (Å²) in [5.41, 5.74) is 3.45. The minimum atomic E-state index is -3.85. The van der Waals surface area contributed by atoms with E-state index in [1.54, 1.807) is 31.2 Å². The smallest absolute Gasteiger partial charge is 0.238 e. The molecule has 3 aromatic rings. The van der Waals surface area contributed by atoms with Crippen LogP contribution in [0.1, 0.15) is 42.1 Å². The zero-order valence-electron chi connectivity index (χ0n) is 18.5. The molecule has 1 aromatic heterocycles. The molecule has 3 N–H and O–H groups in total. The lowest BCUT2D eigenvalue weighted by atomic mass is 9.76. The molecule has 1 unspecified atom stereocenters. The van der Waals surface area contributed by atoms with E-state index < -0.39 is 15.9 Å². The lowest BCUT2D eigenvalue weighted by Gasteiger charge is -2.41. The number of aromatic nitrogens is 2. The molecular weight excluding hydrogens is 527 g/mol. The molecule has 0 fully saturated rings. The van der Waals surface area contributed by atoms with Gasteiger partial charge in [0, 0.05) is 44.9 Å². The number of halogens is 2. The molecule has 1 atom stereocenters. The first-order valence-electron chi connectivity index (χ1n) is 10.8. The van der Waals surface area contributed by atoms with Gasteiger partial charge in [-0.2, -0.15) is 0 Å². The first kappa shape index (κ1) is 24.1. The molecule has 2 aliphatic rings. The van der Waals surface area contributed by atoms with Crippen LogP contribution in [0.25, 0.3) is 0 Å². The molecule has 7 nitrogen and oxygen atoms in total. The Hall–Kier alpha value is -2.56. The Morgan fingerprint density at radius 1 is 1.14 bits per heavy atom. The van der Waals surface area contributed by atoms with Crippen LogP contribution in [-0.4, -0.2) is 24.2 Å². The van der Waals surface area contributed by atoms with Gasteiger partial charge in [-0.25, -0.2) is 18.5 Å². The van der Waals surface area contributed by atoms with Gasteiger partial charge in [-0.1, -0.05) is 41.5 Å². The number of rotatable bonds is 3. The van der Waals surface area contributed by atoms with Crippen molar-refractivity contribution in [3.05, 3.63) is 85.4 Å². The summed E-state index contributed by atoms with van der Waals surface area (Å²) in [5, 5.41) is 6.21. The Kier molecular flexibility index (Phi) is 6.09. The molecule has 0 spiro atoms. The van der Waals surface area contributed by atoms with Crippen molar-refractivity contribution in [2.45, 2.75) is 37.0 Å². The molecule has 1 aliphatic carbocycles. The highest BCUT2D eigenvalue weighted by Crippen LogP contribution is 2.51. The SMILES string of the molecule is Cc1nc(=S)c2c([nH]1)N(c1ccc(S(N)(=O)=O)cc1)C1=C(C(=O)CCC1)C2c1ccc(Cl)cc1Cl. The number of hydrogen-bond donors (Lipinski definition) is 2. The highest BCUT2D eigenvalue weighted by Gasteiger charge is 2.41. The Balaban J connectivity index is 1.83. The van der Waals surface area contributed by atoms with Crippen LogP contribution in [-0.2, 0) is 14.8 Å². The second-order valence-corrected chi connectivity index (χ2v) is 11.3. The summed E-state index contributed by atoms with van der Waals surface area (Å²) in [7, 11) is -3.85. The van der Waals surface area contributed by atoms with Gasteiger partial charge < -0.3 is 4.98 Å². The fourth-order valence-electron chi connectivity index (χ4n) is 4.82. The molecule has 0 amide bonds. The number of ketones is 1. The molecule has 1 aliphatic heterocycles. The molecule has 0 saturated carbocycles. The maximum absolute atomic E-state index is 13.4. The van der Waals surface area contributed by atoms with E-state index >= 15 is 0 Å². The van der Waals surface area contributed by atoms with Crippen LogP contribution in [0.5, 0.6) is 0 Å². The third-order valence-corrected chi connectivity index (χ3v) is 8.05. The highest BCUT2D eigenvalue weighted by molar-refractivity contribution is 7.89. The Bertz CT molecular complexity index is 1580. The zero-order valence-corrected chi connectivity index (χ0v) is 21.7. The molecule has 0 radical (unpaired) electrons. The number of nitrogens with two attached hydrogens (primary N) is 1. The Morgan fingerprint density at radius 2 is 1.86 bits per heavy atom. The number of carbonyl (C=O) groups is 1. The average Bonchev–Trinajstić information content (AvgIpc) is 2.77. The van der Waals surface area contributed by atoms with Gasteiger partial charge in [0.2, 0.25) is 10.0 Å². The van der Waals surface area contributed by atoms with Crippen LogP contribution in [0.4, 0.5) is 11.5 Å². The molecule has 35 heavy (non-hydrogen) atoms. The normalized spacial score (nSPS) is 17.9. The molecule has 2 aromatic carbocycles. The first-order chi connectivity index (χ1) is 16.6. The Labute approximate surface area is 217 Å². The van der Waals surface area contributed by atoms with Gasteiger partial charge in [0.05, 0.1) is 4.90 Å². The molecule has 0 saturated heterocycles. The Morgan fingerprint density at radius 3 is 2.51 bits per heavy atom. The topological polar surface area (TPSA) is 109 Å². The fraction of sp³-hybridized carbons (Fsp3) is 0.208.